The third-order valence-electron chi connectivity index (χ3n) is 4.37. The summed E-state index contributed by atoms with van der Waals surface area (Å²) in [5.41, 5.74) is -0.440. The van der Waals surface area contributed by atoms with Gasteiger partial charge in [-0.1, -0.05) is 13.3 Å². The number of benzene rings is 1. The Morgan fingerprint density at radius 1 is 1.30 bits per heavy atom. The summed E-state index contributed by atoms with van der Waals surface area (Å²) in [4.78, 5) is 39.3. The molecule has 1 aliphatic heterocycles. The van der Waals surface area contributed by atoms with Gasteiger partial charge in [0.1, 0.15) is 5.82 Å². The standard InChI is InChI=1S/C17H19BrN4O5/c1-3-4-5-22-14-11(15(24)21-17(22)26)12(19-16(25)20-14)8-6-9(18)13(23)10(7-8)27-2/h6-7,12,23H,3-5H2,1-2H3,(H2,19,20,25)(H,21,24,26). The first-order valence-corrected chi connectivity index (χ1v) is 9.17. The number of phenols is 1. The van der Waals surface area contributed by atoms with Gasteiger partial charge < -0.3 is 15.2 Å². The second-order valence-electron chi connectivity index (χ2n) is 6.11. The number of rotatable bonds is 5. The van der Waals surface area contributed by atoms with Gasteiger partial charge in [-0.3, -0.25) is 19.7 Å². The first-order valence-electron chi connectivity index (χ1n) is 8.38. The van der Waals surface area contributed by atoms with Crippen molar-refractivity contribution in [2.24, 2.45) is 0 Å². The highest BCUT2D eigenvalue weighted by atomic mass is 79.9. The van der Waals surface area contributed by atoms with E-state index in [0.29, 0.717) is 23.0 Å². The second-order valence-corrected chi connectivity index (χ2v) is 6.97. The molecule has 0 saturated carbocycles. The molecule has 0 bridgehead atoms. The molecule has 1 aromatic heterocycles. The Bertz CT molecular complexity index is 1010. The van der Waals surface area contributed by atoms with Gasteiger partial charge >= 0.3 is 11.7 Å². The van der Waals surface area contributed by atoms with Crippen molar-refractivity contribution in [3.63, 3.8) is 0 Å². The van der Waals surface area contributed by atoms with E-state index >= 15 is 0 Å². The smallest absolute Gasteiger partial charge is 0.329 e. The molecule has 2 heterocycles. The number of nitrogens with zero attached hydrogens (tertiary/aromatic N) is 1. The highest BCUT2D eigenvalue weighted by Crippen LogP contribution is 2.39. The molecule has 9 nitrogen and oxygen atoms in total. The van der Waals surface area contributed by atoms with Gasteiger partial charge in [0, 0.05) is 6.54 Å². The first-order chi connectivity index (χ1) is 12.9. The predicted octanol–water partition coefficient (Wildman–Crippen LogP) is 2.04. The quantitative estimate of drug-likeness (QED) is 0.568. The summed E-state index contributed by atoms with van der Waals surface area (Å²) in [7, 11) is 1.40. The summed E-state index contributed by atoms with van der Waals surface area (Å²) in [5.74, 6) is 0.266. The molecule has 0 fully saturated rings. The number of phenolic OH excluding ortho intramolecular Hbond substituents is 1. The zero-order valence-corrected chi connectivity index (χ0v) is 16.3. The number of unbranched alkanes of at least 4 members (excludes halogenated alkanes) is 1. The van der Waals surface area contributed by atoms with Crippen LogP contribution in [0.1, 0.15) is 36.9 Å². The van der Waals surface area contributed by atoms with Crippen LogP contribution in [0.5, 0.6) is 11.5 Å². The van der Waals surface area contributed by atoms with Crippen molar-refractivity contribution < 1.29 is 14.6 Å². The molecule has 27 heavy (non-hydrogen) atoms. The number of ether oxygens (including phenoxy) is 1. The molecule has 3 rings (SSSR count). The Kier molecular flexibility index (Phi) is 5.26. The van der Waals surface area contributed by atoms with Crippen LogP contribution in [0, 0.1) is 0 Å². The Hall–Kier alpha value is -2.75. The maximum atomic E-state index is 12.6. The number of halogens is 1. The monoisotopic (exact) mass is 438 g/mol. The van der Waals surface area contributed by atoms with Crippen LogP contribution < -0.4 is 26.6 Å². The Labute approximate surface area is 162 Å². The second kappa shape index (κ2) is 7.47. The number of aromatic nitrogens is 2. The van der Waals surface area contributed by atoms with Crippen LogP contribution in [-0.4, -0.2) is 27.8 Å². The molecular weight excluding hydrogens is 420 g/mol. The number of carbonyl (C=O) groups is 1. The highest BCUT2D eigenvalue weighted by Gasteiger charge is 2.32. The van der Waals surface area contributed by atoms with Crippen LogP contribution in [0.25, 0.3) is 0 Å². The highest BCUT2D eigenvalue weighted by molar-refractivity contribution is 9.10. The first kappa shape index (κ1) is 19.0. The fourth-order valence-corrected chi connectivity index (χ4v) is 3.49. The molecule has 1 atom stereocenters. The number of methoxy groups -OCH3 is 1. The zero-order chi connectivity index (χ0) is 19.7. The number of aromatic amines is 1. The van der Waals surface area contributed by atoms with Crippen molar-refractivity contribution in [1.82, 2.24) is 14.9 Å². The lowest BCUT2D eigenvalue weighted by atomic mass is 9.98. The van der Waals surface area contributed by atoms with Crippen molar-refractivity contribution in [1.29, 1.82) is 0 Å². The van der Waals surface area contributed by atoms with Crippen molar-refractivity contribution in [3.05, 3.63) is 48.6 Å². The number of urea groups is 1. The van der Waals surface area contributed by atoms with Crippen LogP contribution in [0.4, 0.5) is 10.6 Å². The third-order valence-corrected chi connectivity index (χ3v) is 4.98. The maximum Gasteiger partial charge on any atom is 0.329 e. The average Bonchev–Trinajstić information content (AvgIpc) is 2.62. The molecule has 2 aromatic rings. The molecule has 144 valence electrons. The minimum absolute atomic E-state index is 0.0939. The molecule has 0 radical (unpaired) electrons. The van der Waals surface area contributed by atoms with E-state index in [2.05, 4.69) is 31.5 Å². The summed E-state index contributed by atoms with van der Waals surface area (Å²) in [5, 5.41) is 15.3. The summed E-state index contributed by atoms with van der Waals surface area (Å²) >= 11 is 3.24. The van der Waals surface area contributed by atoms with Crippen molar-refractivity contribution in [3.8, 4) is 11.5 Å². The normalized spacial score (nSPS) is 15.7. The summed E-state index contributed by atoms with van der Waals surface area (Å²) in [6.45, 7) is 2.34. The van der Waals surface area contributed by atoms with E-state index in [1.54, 1.807) is 6.07 Å². The molecule has 1 aromatic carbocycles. The van der Waals surface area contributed by atoms with Crippen LogP contribution in [0.15, 0.2) is 26.2 Å². The largest absolute Gasteiger partial charge is 0.503 e. The molecule has 10 heteroatoms. The molecule has 0 aliphatic carbocycles. The van der Waals surface area contributed by atoms with E-state index in [9.17, 15) is 19.5 Å². The van der Waals surface area contributed by atoms with E-state index < -0.39 is 23.3 Å². The molecule has 0 spiro atoms. The van der Waals surface area contributed by atoms with Crippen molar-refractivity contribution in [2.75, 3.05) is 12.4 Å². The Morgan fingerprint density at radius 3 is 2.70 bits per heavy atom. The Morgan fingerprint density at radius 2 is 2.04 bits per heavy atom. The van der Waals surface area contributed by atoms with Gasteiger partial charge in [-0.25, -0.2) is 9.59 Å². The van der Waals surface area contributed by atoms with Gasteiger partial charge in [-0.2, -0.15) is 0 Å². The van der Waals surface area contributed by atoms with E-state index in [4.69, 9.17) is 4.74 Å². The maximum absolute atomic E-state index is 12.6. The van der Waals surface area contributed by atoms with E-state index in [1.807, 2.05) is 6.92 Å². The third kappa shape index (κ3) is 3.44. The minimum Gasteiger partial charge on any atom is -0.503 e. The van der Waals surface area contributed by atoms with E-state index in [1.165, 1.54) is 17.7 Å². The van der Waals surface area contributed by atoms with E-state index in [-0.39, 0.29) is 22.9 Å². The van der Waals surface area contributed by atoms with Gasteiger partial charge in [0.05, 0.1) is 23.2 Å². The number of amides is 2. The number of anilines is 1. The number of nitrogens with one attached hydrogen (secondary N) is 3. The molecule has 4 N–H and O–H groups in total. The minimum atomic E-state index is -0.822. The lowest BCUT2D eigenvalue weighted by Gasteiger charge is -2.29. The van der Waals surface area contributed by atoms with E-state index in [0.717, 1.165) is 6.42 Å². The van der Waals surface area contributed by atoms with Gasteiger partial charge in [0.15, 0.2) is 11.5 Å². The predicted molar refractivity (Wildman–Crippen MR) is 103 cm³/mol. The zero-order valence-electron chi connectivity index (χ0n) is 14.8. The van der Waals surface area contributed by atoms with Crippen molar-refractivity contribution in [2.45, 2.75) is 32.4 Å². The SMILES string of the molecule is CCCCn1c2c(c(=O)[nH]c1=O)C(c1cc(Br)c(O)c(OC)c1)NC(=O)N2. The molecule has 0 saturated heterocycles. The van der Waals surface area contributed by atoms with Crippen LogP contribution >= 0.6 is 15.9 Å². The van der Waals surface area contributed by atoms with Crippen LogP contribution in [-0.2, 0) is 6.54 Å². The summed E-state index contributed by atoms with van der Waals surface area (Å²) in [6, 6.07) is 1.75. The summed E-state index contributed by atoms with van der Waals surface area (Å²) < 4.78 is 6.86. The summed E-state index contributed by atoms with van der Waals surface area (Å²) in [6.07, 6.45) is 1.56. The number of hydrogen-bond acceptors (Lipinski definition) is 5. The van der Waals surface area contributed by atoms with Gasteiger partial charge in [0.2, 0.25) is 0 Å². The number of aromatic hydroxyl groups is 1. The number of fused-ring (bicyclic) bond motifs is 1. The van der Waals surface area contributed by atoms with Crippen LogP contribution in [0.3, 0.4) is 0 Å². The lowest BCUT2D eigenvalue weighted by molar-refractivity contribution is 0.248. The lowest BCUT2D eigenvalue weighted by Crippen LogP contribution is -2.46. The van der Waals surface area contributed by atoms with Gasteiger partial charge in [-0.05, 0) is 40.0 Å². The number of hydrogen-bond donors (Lipinski definition) is 4. The molecule has 2 amide bonds. The molecule has 1 unspecified atom stereocenters. The number of carbonyl (C=O) groups excluding carboxylic acids is 1. The topological polar surface area (TPSA) is 125 Å². The van der Waals surface area contributed by atoms with Gasteiger partial charge in [0.25, 0.3) is 5.56 Å². The van der Waals surface area contributed by atoms with Gasteiger partial charge in [-0.15, -0.1) is 0 Å². The number of H-pyrrole nitrogens is 1. The average molecular weight is 439 g/mol. The fourth-order valence-electron chi connectivity index (χ4n) is 3.03. The van der Waals surface area contributed by atoms with Crippen molar-refractivity contribution >= 4 is 27.8 Å². The Balaban J connectivity index is 2.23. The molecular formula is C17H19BrN4O5. The fraction of sp³-hybridized carbons (Fsp3) is 0.353. The van der Waals surface area contributed by atoms with Crippen LogP contribution in [0.2, 0.25) is 0 Å². The molecule has 1 aliphatic rings.